The monoisotopic (exact) mass is 498 g/mol. The van der Waals surface area contributed by atoms with Gasteiger partial charge < -0.3 is 9.47 Å². The summed E-state index contributed by atoms with van der Waals surface area (Å²) < 4.78 is 39.6. The van der Waals surface area contributed by atoms with Gasteiger partial charge in [0.1, 0.15) is 11.4 Å². The molecule has 1 aromatic heterocycles. The number of ether oxygens (including phenoxy) is 2. The molecule has 9 nitrogen and oxygen atoms in total. The molecule has 0 atom stereocenters. The molecule has 10 heteroatoms. The number of aliphatic imine (C=N–C) groups is 1. The molecular formula is C25H30N4O5S. The van der Waals surface area contributed by atoms with Crippen LogP contribution in [0.2, 0.25) is 0 Å². The van der Waals surface area contributed by atoms with Crippen molar-refractivity contribution in [2.24, 2.45) is 4.99 Å². The second-order valence-electron chi connectivity index (χ2n) is 8.23. The number of hydrogen-bond donors (Lipinski definition) is 1. The van der Waals surface area contributed by atoms with Crippen LogP contribution in [-0.2, 0) is 14.8 Å². The smallest absolute Gasteiger partial charge is 0.280 e. The zero-order valence-electron chi connectivity index (χ0n) is 19.9. The van der Waals surface area contributed by atoms with Gasteiger partial charge in [0.15, 0.2) is 0 Å². The molecule has 0 bridgehead atoms. The first kappa shape index (κ1) is 24.9. The molecule has 2 heterocycles. The molecule has 0 radical (unpaired) electrons. The lowest BCUT2D eigenvalue weighted by Crippen LogP contribution is -2.40. The average Bonchev–Trinajstić information content (AvgIpc) is 3.17. The molecule has 2 aromatic carbocycles. The summed E-state index contributed by atoms with van der Waals surface area (Å²) >= 11 is 0. The first-order chi connectivity index (χ1) is 16.9. The SMILES string of the molecule is CCCCOc1ccccc1N=Cc1c(C)[nH]n(-c2ccc(S(=O)(=O)N3CCOCC3)cc2)c1=O. The second-order valence-corrected chi connectivity index (χ2v) is 10.2. The van der Waals surface area contributed by atoms with Crippen molar-refractivity contribution in [1.82, 2.24) is 14.1 Å². The van der Waals surface area contributed by atoms with Gasteiger partial charge in [-0.2, -0.15) is 4.31 Å². The maximum absolute atomic E-state index is 13.1. The quantitative estimate of drug-likeness (QED) is 0.359. The van der Waals surface area contributed by atoms with E-state index < -0.39 is 10.0 Å². The molecule has 186 valence electrons. The highest BCUT2D eigenvalue weighted by Crippen LogP contribution is 2.27. The summed E-state index contributed by atoms with van der Waals surface area (Å²) in [6.45, 7) is 5.92. The van der Waals surface area contributed by atoms with Crippen LogP contribution >= 0.6 is 0 Å². The number of aromatic nitrogens is 2. The third kappa shape index (κ3) is 5.55. The van der Waals surface area contributed by atoms with Gasteiger partial charge in [0.25, 0.3) is 5.56 Å². The summed E-state index contributed by atoms with van der Waals surface area (Å²) in [5.41, 5.74) is 1.96. The Kier molecular flexibility index (Phi) is 7.84. The van der Waals surface area contributed by atoms with Crippen LogP contribution in [0.25, 0.3) is 5.69 Å². The van der Waals surface area contributed by atoms with Crippen molar-refractivity contribution in [2.75, 3.05) is 32.9 Å². The van der Waals surface area contributed by atoms with Crippen LogP contribution in [-0.4, -0.2) is 61.6 Å². The van der Waals surface area contributed by atoms with E-state index in [2.05, 4.69) is 17.0 Å². The molecule has 1 saturated heterocycles. The molecule has 1 aliphatic heterocycles. The molecule has 4 rings (SSSR count). The number of rotatable bonds is 9. The largest absolute Gasteiger partial charge is 0.491 e. The lowest BCUT2D eigenvalue weighted by Gasteiger charge is -2.26. The summed E-state index contributed by atoms with van der Waals surface area (Å²) in [4.78, 5) is 17.8. The number of unbranched alkanes of at least 4 members (excludes halogenated alkanes) is 1. The van der Waals surface area contributed by atoms with E-state index in [0.717, 1.165) is 12.8 Å². The van der Waals surface area contributed by atoms with E-state index in [1.165, 1.54) is 27.3 Å². The van der Waals surface area contributed by atoms with Crippen molar-refractivity contribution in [1.29, 1.82) is 0 Å². The van der Waals surface area contributed by atoms with Gasteiger partial charge in [0.2, 0.25) is 10.0 Å². The number of benzene rings is 2. The fraction of sp³-hybridized carbons (Fsp3) is 0.360. The topological polar surface area (TPSA) is 106 Å². The van der Waals surface area contributed by atoms with Crippen molar-refractivity contribution in [3.8, 4) is 11.4 Å². The Morgan fingerprint density at radius 1 is 1.11 bits per heavy atom. The van der Waals surface area contributed by atoms with E-state index in [4.69, 9.17) is 9.47 Å². The second kappa shape index (κ2) is 11.0. The number of morpholine rings is 1. The zero-order valence-corrected chi connectivity index (χ0v) is 20.8. The highest BCUT2D eigenvalue weighted by atomic mass is 32.2. The van der Waals surface area contributed by atoms with Crippen LogP contribution in [0.4, 0.5) is 5.69 Å². The average molecular weight is 499 g/mol. The lowest BCUT2D eigenvalue weighted by atomic mass is 10.2. The summed E-state index contributed by atoms with van der Waals surface area (Å²) in [5, 5.41) is 3.05. The predicted octanol–water partition coefficient (Wildman–Crippen LogP) is 3.42. The Morgan fingerprint density at radius 2 is 1.83 bits per heavy atom. The first-order valence-electron chi connectivity index (χ1n) is 11.7. The van der Waals surface area contributed by atoms with Crippen LogP contribution < -0.4 is 10.3 Å². The van der Waals surface area contributed by atoms with E-state index in [1.54, 1.807) is 19.1 Å². The molecule has 0 saturated carbocycles. The highest BCUT2D eigenvalue weighted by Gasteiger charge is 2.26. The number of aryl methyl sites for hydroxylation is 1. The number of nitrogens with one attached hydrogen (secondary N) is 1. The van der Waals surface area contributed by atoms with Crippen molar-refractivity contribution in [3.05, 3.63) is 70.1 Å². The van der Waals surface area contributed by atoms with Gasteiger partial charge in [-0.3, -0.25) is 14.9 Å². The number of aromatic amines is 1. The van der Waals surface area contributed by atoms with E-state index in [1.807, 2.05) is 24.3 Å². The third-order valence-corrected chi connectivity index (χ3v) is 7.69. The minimum absolute atomic E-state index is 0.181. The van der Waals surface area contributed by atoms with Crippen molar-refractivity contribution >= 4 is 21.9 Å². The van der Waals surface area contributed by atoms with E-state index in [0.29, 0.717) is 61.3 Å². The van der Waals surface area contributed by atoms with Gasteiger partial charge in [-0.1, -0.05) is 25.5 Å². The summed E-state index contributed by atoms with van der Waals surface area (Å²) in [7, 11) is -3.60. The van der Waals surface area contributed by atoms with Crippen LogP contribution in [0.15, 0.2) is 63.2 Å². The fourth-order valence-electron chi connectivity index (χ4n) is 3.74. The van der Waals surface area contributed by atoms with Gasteiger partial charge in [-0.15, -0.1) is 0 Å². The third-order valence-electron chi connectivity index (χ3n) is 5.77. The Morgan fingerprint density at radius 3 is 2.54 bits per heavy atom. The maximum atomic E-state index is 13.1. The molecular weight excluding hydrogens is 468 g/mol. The van der Waals surface area contributed by atoms with Gasteiger partial charge in [0, 0.05) is 25.0 Å². The first-order valence-corrected chi connectivity index (χ1v) is 13.1. The molecule has 3 aromatic rings. The Balaban J connectivity index is 1.56. The highest BCUT2D eigenvalue weighted by molar-refractivity contribution is 7.89. The van der Waals surface area contributed by atoms with Crippen LogP contribution in [0, 0.1) is 6.92 Å². The van der Waals surface area contributed by atoms with Crippen molar-refractivity contribution in [2.45, 2.75) is 31.6 Å². The van der Waals surface area contributed by atoms with Crippen molar-refractivity contribution in [3.63, 3.8) is 0 Å². The zero-order chi connectivity index (χ0) is 24.8. The summed E-state index contributed by atoms with van der Waals surface area (Å²) in [5.74, 6) is 0.669. The molecule has 1 fully saturated rings. The molecule has 0 aliphatic carbocycles. The summed E-state index contributed by atoms with van der Waals surface area (Å²) in [6, 6.07) is 13.7. The number of H-pyrrole nitrogens is 1. The number of nitrogens with zero attached hydrogens (tertiary/aromatic N) is 3. The minimum atomic E-state index is -3.60. The molecule has 1 aliphatic rings. The van der Waals surface area contributed by atoms with Crippen LogP contribution in [0.3, 0.4) is 0 Å². The Hall–Kier alpha value is -3.21. The molecule has 0 spiro atoms. The standard InChI is InChI=1S/C25H30N4O5S/c1-3-4-15-34-24-8-6-5-7-23(24)26-18-22-19(2)27-29(25(22)30)20-9-11-21(12-10-20)35(31,32)28-13-16-33-17-14-28/h5-12,18,27H,3-4,13-17H2,1-2H3. The number of sulfonamides is 1. The van der Waals surface area contributed by atoms with E-state index in [-0.39, 0.29) is 10.5 Å². The number of hydrogen-bond acceptors (Lipinski definition) is 6. The van der Waals surface area contributed by atoms with Gasteiger partial charge in [-0.05, 0) is 49.7 Å². The molecule has 0 amide bonds. The predicted molar refractivity (Wildman–Crippen MR) is 135 cm³/mol. The normalized spacial score (nSPS) is 15.0. The number of para-hydroxylation sites is 2. The molecule has 35 heavy (non-hydrogen) atoms. The van der Waals surface area contributed by atoms with E-state index >= 15 is 0 Å². The maximum Gasteiger partial charge on any atom is 0.280 e. The molecule has 0 unspecified atom stereocenters. The van der Waals surface area contributed by atoms with Crippen LogP contribution in [0.1, 0.15) is 31.0 Å². The Bertz CT molecular complexity index is 1340. The minimum Gasteiger partial charge on any atom is -0.491 e. The molecule has 1 N–H and O–H groups in total. The van der Waals surface area contributed by atoms with Crippen molar-refractivity contribution < 1.29 is 17.9 Å². The van der Waals surface area contributed by atoms with Gasteiger partial charge >= 0.3 is 0 Å². The van der Waals surface area contributed by atoms with Gasteiger partial charge in [-0.25, -0.2) is 13.1 Å². The van der Waals surface area contributed by atoms with Gasteiger partial charge in [0.05, 0.1) is 36.0 Å². The lowest BCUT2D eigenvalue weighted by molar-refractivity contribution is 0.0730. The summed E-state index contributed by atoms with van der Waals surface area (Å²) in [6.07, 6.45) is 3.52. The fourth-order valence-corrected chi connectivity index (χ4v) is 5.15. The Labute approximate surface area is 205 Å². The van der Waals surface area contributed by atoms with E-state index in [9.17, 15) is 13.2 Å². The van der Waals surface area contributed by atoms with Crippen LogP contribution in [0.5, 0.6) is 5.75 Å².